The molecule has 0 aliphatic heterocycles. The van der Waals surface area contributed by atoms with E-state index in [1.807, 2.05) is 11.3 Å². The molecule has 17 heavy (non-hydrogen) atoms. The van der Waals surface area contributed by atoms with Gasteiger partial charge >= 0.3 is 0 Å². The van der Waals surface area contributed by atoms with Gasteiger partial charge in [0, 0.05) is 25.1 Å². The highest BCUT2D eigenvalue weighted by molar-refractivity contribution is 7.10. The molecule has 1 aromatic rings. The Kier molecular flexibility index (Phi) is 4.56. The van der Waals surface area contributed by atoms with Gasteiger partial charge in [0.05, 0.1) is 6.04 Å². The van der Waals surface area contributed by atoms with E-state index in [4.69, 9.17) is 9.47 Å². The van der Waals surface area contributed by atoms with Crippen molar-refractivity contribution in [1.29, 1.82) is 0 Å². The van der Waals surface area contributed by atoms with Crippen molar-refractivity contribution in [1.82, 2.24) is 5.32 Å². The van der Waals surface area contributed by atoms with Crippen LogP contribution in [0.2, 0.25) is 0 Å². The molecular formula is C13H21NO2S. The highest BCUT2D eigenvalue weighted by Gasteiger charge is 2.34. The van der Waals surface area contributed by atoms with Gasteiger partial charge in [0.25, 0.3) is 0 Å². The molecule has 0 radical (unpaired) electrons. The minimum absolute atomic E-state index is 0.184. The van der Waals surface area contributed by atoms with Gasteiger partial charge in [-0.3, -0.25) is 0 Å². The molecule has 1 aliphatic rings. The second-order valence-electron chi connectivity index (χ2n) is 4.63. The first-order valence-electron chi connectivity index (χ1n) is 6.11. The van der Waals surface area contributed by atoms with Gasteiger partial charge in [-0.25, -0.2) is 0 Å². The lowest BCUT2D eigenvalue weighted by Crippen LogP contribution is -2.42. The standard InChI is InChI=1S/C13H21NO2S/c1-9(13(15-2)16-3)14-12(10-6-7-10)11-5-4-8-17-11/h4-5,8-10,12-14H,6-7H2,1-3H3. The molecule has 1 aromatic heterocycles. The maximum absolute atomic E-state index is 5.30. The van der Waals surface area contributed by atoms with Crippen molar-refractivity contribution in [3.8, 4) is 0 Å². The summed E-state index contributed by atoms with van der Waals surface area (Å²) in [6.07, 6.45) is 2.47. The van der Waals surface area contributed by atoms with E-state index in [9.17, 15) is 0 Å². The lowest BCUT2D eigenvalue weighted by Gasteiger charge is -2.27. The molecule has 4 heteroatoms. The third-order valence-corrected chi connectivity index (χ3v) is 4.21. The maximum Gasteiger partial charge on any atom is 0.171 e. The van der Waals surface area contributed by atoms with Crippen LogP contribution in [0.3, 0.4) is 0 Å². The van der Waals surface area contributed by atoms with Crippen molar-refractivity contribution in [2.45, 2.75) is 38.1 Å². The zero-order valence-electron chi connectivity index (χ0n) is 10.7. The van der Waals surface area contributed by atoms with E-state index in [2.05, 4.69) is 29.8 Å². The predicted molar refractivity (Wildman–Crippen MR) is 70.2 cm³/mol. The monoisotopic (exact) mass is 255 g/mol. The molecule has 3 nitrogen and oxygen atoms in total. The molecule has 0 saturated heterocycles. The SMILES string of the molecule is COC(OC)C(C)NC(c1cccs1)C1CC1. The second kappa shape index (κ2) is 5.96. The van der Waals surface area contributed by atoms with Crippen LogP contribution in [0, 0.1) is 5.92 Å². The van der Waals surface area contributed by atoms with Gasteiger partial charge in [0.15, 0.2) is 6.29 Å². The number of hydrogen-bond acceptors (Lipinski definition) is 4. The number of thiophene rings is 1. The lowest BCUT2D eigenvalue weighted by molar-refractivity contribution is -0.121. The van der Waals surface area contributed by atoms with Crippen molar-refractivity contribution < 1.29 is 9.47 Å². The largest absolute Gasteiger partial charge is 0.354 e. The fourth-order valence-electron chi connectivity index (χ4n) is 2.21. The zero-order chi connectivity index (χ0) is 12.3. The molecule has 1 aliphatic carbocycles. The van der Waals surface area contributed by atoms with Gasteiger partial charge in [0.2, 0.25) is 0 Å². The molecule has 2 unspecified atom stereocenters. The predicted octanol–water partition coefficient (Wildman–Crippen LogP) is 2.80. The van der Waals surface area contributed by atoms with Crippen molar-refractivity contribution >= 4 is 11.3 Å². The van der Waals surface area contributed by atoms with E-state index < -0.39 is 0 Å². The minimum atomic E-state index is -0.184. The van der Waals surface area contributed by atoms with Crippen LogP contribution in [0.15, 0.2) is 17.5 Å². The molecule has 0 aromatic carbocycles. The Hall–Kier alpha value is -0.420. The summed E-state index contributed by atoms with van der Waals surface area (Å²) in [7, 11) is 3.37. The smallest absolute Gasteiger partial charge is 0.171 e. The van der Waals surface area contributed by atoms with Crippen LogP contribution in [0.5, 0.6) is 0 Å². The lowest BCUT2D eigenvalue weighted by atomic mass is 10.1. The van der Waals surface area contributed by atoms with Crippen molar-refractivity contribution in [3.05, 3.63) is 22.4 Å². The minimum Gasteiger partial charge on any atom is -0.354 e. The molecule has 0 amide bonds. The summed E-state index contributed by atoms with van der Waals surface area (Å²) in [5.41, 5.74) is 0. The Bertz CT molecular complexity index is 320. The molecule has 2 atom stereocenters. The van der Waals surface area contributed by atoms with Crippen LogP contribution in [0.4, 0.5) is 0 Å². The first-order chi connectivity index (χ1) is 8.26. The summed E-state index contributed by atoms with van der Waals surface area (Å²) in [5, 5.41) is 5.78. The number of rotatable bonds is 7. The van der Waals surface area contributed by atoms with Gasteiger partial charge < -0.3 is 14.8 Å². The fraction of sp³-hybridized carbons (Fsp3) is 0.692. The van der Waals surface area contributed by atoms with Gasteiger partial charge in [-0.05, 0) is 37.1 Å². The van der Waals surface area contributed by atoms with Crippen LogP contribution in [0.25, 0.3) is 0 Å². The van der Waals surface area contributed by atoms with Gasteiger partial charge in [0.1, 0.15) is 0 Å². The Morgan fingerprint density at radius 2 is 2.06 bits per heavy atom. The van der Waals surface area contributed by atoms with Crippen LogP contribution >= 0.6 is 11.3 Å². The molecule has 0 spiro atoms. The summed E-state index contributed by atoms with van der Waals surface area (Å²) >= 11 is 1.82. The fourth-order valence-corrected chi connectivity index (χ4v) is 3.09. The van der Waals surface area contributed by atoms with Gasteiger partial charge in [-0.2, -0.15) is 0 Å². The van der Waals surface area contributed by atoms with E-state index in [1.54, 1.807) is 14.2 Å². The molecule has 2 rings (SSSR count). The Balaban J connectivity index is 1.98. The third kappa shape index (κ3) is 3.28. The van der Waals surface area contributed by atoms with E-state index in [-0.39, 0.29) is 12.3 Å². The average Bonchev–Trinajstić information content (AvgIpc) is 3.02. The molecule has 1 fully saturated rings. The molecule has 96 valence electrons. The highest BCUT2D eigenvalue weighted by Crippen LogP contribution is 2.42. The number of methoxy groups -OCH3 is 2. The Morgan fingerprint density at radius 1 is 1.35 bits per heavy atom. The van der Waals surface area contributed by atoms with E-state index in [1.165, 1.54) is 17.7 Å². The summed E-state index contributed by atoms with van der Waals surface area (Å²) in [4.78, 5) is 1.42. The van der Waals surface area contributed by atoms with Crippen LogP contribution in [-0.4, -0.2) is 26.6 Å². The normalized spacial score (nSPS) is 19.5. The average molecular weight is 255 g/mol. The van der Waals surface area contributed by atoms with E-state index in [0.717, 1.165) is 5.92 Å². The Labute approximate surface area is 107 Å². The van der Waals surface area contributed by atoms with Crippen LogP contribution < -0.4 is 5.32 Å². The third-order valence-electron chi connectivity index (χ3n) is 3.26. The van der Waals surface area contributed by atoms with Crippen molar-refractivity contribution in [2.24, 2.45) is 5.92 Å². The van der Waals surface area contributed by atoms with Crippen LogP contribution in [-0.2, 0) is 9.47 Å². The molecular weight excluding hydrogens is 234 g/mol. The Morgan fingerprint density at radius 3 is 2.53 bits per heavy atom. The topological polar surface area (TPSA) is 30.5 Å². The molecule has 1 heterocycles. The van der Waals surface area contributed by atoms with E-state index in [0.29, 0.717) is 6.04 Å². The highest BCUT2D eigenvalue weighted by atomic mass is 32.1. The quantitative estimate of drug-likeness (QED) is 0.760. The van der Waals surface area contributed by atoms with E-state index >= 15 is 0 Å². The summed E-state index contributed by atoms with van der Waals surface area (Å²) < 4.78 is 10.6. The summed E-state index contributed by atoms with van der Waals surface area (Å²) in [6.45, 7) is 2.11. The number of ether oxygens (including phenoxy) is 2. The molecule has 1 N–H and O–H groups in total. The maximum atomic E-state index is 5.30. The van der Waals surface area contributed by atoms with Crippen LogP contribution in [0.1, 0.15) is 30.7 Å². The first kappa shape index (κ1) is 13.0. The summed E-state index contributed by atoms with van der Waals surface area (Å²) in [5.74, 6) is 0.783. The van der Waals surface area contributed by atoms with Crippen molar-refractivity contribution in [2.75, 3.05) is 14.2 Å². The van der Waals surface area contributed by atoms with Crippen molar-refractivity contribution in [3.63, 3.8) is 0 Å². The number of nitrogens with one attached hydrogen (secondary N) is 1. The molecule has 1 saturated carbocycles. The second-order valence-corrected chi connectivity index (χ2v) is 5.60. The zero-order valence-corrected chi connectivity index (χ0v) is 11.5. The van der Waals surface area contributed by atoms with Gasteiger partial charge in [-0.15, -0.1) is 11.3 Å². The molecule has 0 bridgehead atoms. The number of hydrogen-bond donors (Lipinski definition) is 1. The van der Waals surface area contributed by atoms with Gasteiger partial charge in [-0.1, -0.05) is 6.07 Å². The summed E-state index contributed by atoms with van der Waals surface area (Å²) in [6, 6.07) is 4.98. The first-order valence-corrected chi connectivity index (χ1v) is 6.99.